The van der Waals surface area contributed by atoms with Crippen LogP contribution in [0.3, 0.4) is 0 Å². The fourth-order valence-electron chi connectivity index (χ4n) is 2.06. The molecule has 0 radical (unpaired) electrons. The monoisotopic (exact) mass is 300 g/mol. The molecule has 108 valence electrons. The Morgan fingerprint density at radius 2 is 2.05 bits per heavy atom. The first kappa shape index (κ1) is 13.9. The molecular weight excluding hydrogens is 284 g/mol. The third-order valence-electron chi connectivity index (χ3n) is 3.09. The second-order valence-corrected chi connectivity index (χ2v) is 5.74. The predicted molar refractivity (Wildman–Crippen MR) is 85.4 cm³/mol. The van der Waals surface area contributed by atoms with Crippen molar-refractivity contribution in [3.05, 3.63) is 47.9 Å². The maximum Gasteiger partial charge on any atom is 0.263 e. The molecule has 2 heterocycles. The molecular formula is C15H16N4OS. The molecule has 5 nitrogen and oxygen atoms in total. The molecule has 0 atom stereocenters. The molecule has 0 aliphatic rings. The molecule has 0 aliphatic heterocycles. The van der Waals surface area contributed by atoms with Gasteiger partial charge in [0, 0.05) is 18.1 Å². The van der Waals surface area contributed by atoms with Gasteiger partial charge in [-0.25, -0.2) is 4.98 Å². The molecule has 0 unspecified atom stereocenters. The number of nitrogens with one attached hydrogen (secondary N) is 1. The van der Waals surface area contributed by atoms with Crippen LogP contribution in [0.2, 0.25) is 0 Å². The van der Waals surface area contributed by atoms with E-state index in [0.29, 0.717) is 5.71 Å². The largest absolute Gasteiger partial charge is 0.368 e. The van der Waals surface area contributed by atoms with Crippen LogP contribution in [0.5, 0.6) is 0 Å². The average molecular weight is 300 g/mol. The Morgan fingerprint density at radius 1 is 1.19 bits per heavy atom. The normalized spacial score (nSPS) is 10.9. The molecule has 3 aromatic rings. The Hall–Kier alpha value is -2.08. The molecule has 1 N–H and O–H groups in total. The second kappa shape index (κ2) is 6.58. The zero-order valence-electron chi connectivity index (χ0n) is 11.7. The number of thioether (sulfide) groups is 1. The van der Waals surface area contributed by atoms with Crippen LogP contribution in [-0.2, 0) is 5.75 Å². The summed E-state index contributed by atoms with van der Waals surface area (Å²) in [6, 6.07) is 10.5. The topological polar surface area (TPSA) is 63.8 Å². The Balaban J connectivity index is 1.52. The van der Waals surface area contributed by atoms with Crippen molar-refractivity contribution in [3.8, 4) is 0 Å². The van der Waals surface area contributed by atoms with Crippen LogP contribution in [0.1, 0.15) is 11.3 Å². The average Bonchev–Trinajstić information content (AvgIpc) is 2.90. The first-order valence-corrected chi connectivity index (χ1v) is 7.92. The molecule has 0 bridgehead atoms. The number of aromatic nitrogens is 3. The number of nitrogens with zero attached hydrogens (tertiary/aromatic N) is 3. The number of hydrogen-bond donors (Lipinski definition) is 1. The van der Waals surface area contributed by atoms with Crippen LogP contribution in [0, 0.1) is 6.92 Å². The zero-order valence-corrected chi connectivity index (χ0v) is 12.6. The lowest BCUT2D eigenvalue weighted by Gasteiger charge is -2.06. The smallest absolute Gasteiger partial charge is 0.263 e. The van der Waals surface area contributed by atoms with Gasteiger partial charge in [0.15, 0.2) is 0 Å². The van der Waals surface area contributed by atoms with Gasteiger partial charge in [-0.1, -0.05) is 35.5 Å². The van der Waals surface area contributed by atoms with E-state index in [-0.39, 0.29) is 0 Å². The first-order valence-electron chi connectivity index (χ1n) is 6.77. The molecule has 6 heteroatoms. The van der Waals surface area contributed by atoms with Crippen molar-refractivity contribution in [2.45, 2.75) is 12.7 Å². The van der Waals surface area contributed by atoms with Gasteiger partial charge in [0.1, 0.15) is 17.5 Å². The summed E-state index contributed by atoms with van der Waals surface area (Å²) >= 11 is 1.89. The van der Waals surface area contributed by atoms with Gasteiger partial charge < -0.3 is 9.84 Å². The van der Waals surface area contributed by atoms with E-state index in [1.807, 2.05) is 24.8 Å². The van der Waals surface area contributed by atoms with E-state index in [2.05, 4.69) is 44.7 Å². The number of aryl methyl sites for hydroxylation is 1. The summed E-state index contributed by atoms with van der Waals surface area (Å²) in [4.78, 5) is 8.33. The van der Waals surface area contributed by atoms with Gasteiger partial charge in [-0.05, 0) is 12.5 Å². The van der Waals surface area contributed by atoms with Crippen molar-refractivity contribution < 1.29 is 4.52 Å². The number of anilines is 1. The molecule has 0 amide bonds. The summed E-state index contributed by atoms with van der Waals surface area (Å²) in [7, 11) is 0. The van der Waals surface area contributed by atoms with Crippen LogP contribution < -0.4 is 5.32 Å². The Bertz CT molecular complexity index is 714. The van der Waals surface area contributed by atoms with Crippen molar-refractivity contribution in [3.63, 3.8) is 0 Å². The lowest BCUT2D eigenvalue weighted by atomic mass is 10.2. The van der Waals surface area contributed by atoms with Gasteiger partial charge in [0.25, 0.3) is 5.71 Å². The summed E-state index contributed by atoms with van der Waals surface area (Å²) in [5.41, 5.74) is 2.69. The van der Waals surface area contributed by atoms with Gasteiger partial charge in [-0.3, -0.25) is 0 Å². The lowest BCUT2D eigenvalue weighted by molar-refractivity contribution is 0.442. The first-order chi connectivity index (χ1) is 10.3. The minimum atomic E-state index is 0.530. The molecule has 2 aromatic heterocycles. The second-order valence-electron chi connectivity index (χ2n) is 4.64. The van der Waals surface area contributed by atoms with E-state index in [4.69, 9.17) is 4.52 Å². The third kappa shape index (κ3) is 3.33. The summed E-state index contributed by atoms with van der Waals surface area (Å²) in [5, 5.41) is 8.11. The fourth-order valence-corrected chi connectivity index (χ4v) is 2.88. The third-order valence-corrected chi connectivity index (χ3v) is 4.12. The van der Waals surface area contributed by atoms with Crippen LogP contribution in [0.25, 0.3) is 11.1 Å². The van der Waals surface area contributed by atoms with Crippen LogP contribution in [0.15, 0.2) is 41.2 Å². The predicted octanol–water partition coefficient (Wildman–Crippen LogP) is 3.27. The van der Waals surface area contributed by atoms with Gasteiger partial charge in [0.2, 0.25) is 0 Å². The fraction of sp³-hybridized carbons (Fsp3) is 0.267. The quantitative estimate of drug-likeness (QED) is 0.705. The summed E-state index contributed by atoms with van der Waals surface area (Å²) in [5.74, 6) is 2.82. The summed E-state index contributed by atoms with van der Waals surface area (Å²) in [6.45, 7) is 2.73. The number of benzene rings is 1. The van der Waals surface area contributed by atoms with Crippen LogP contribution >= 0.6 is 11.8 Å². The highest BCUT2D eigenvalue weighted by molar-refractivity contribution is 7.98. The van der Waals surface area contributed by atoms with Gasteiger partial charge >= 0.3 is 0 Å². The Kier molecular flexibility index (Phi) is 4.35. The van der Waals surface area contributed by atoms with Crippen LogP contribution in [-0.4, -0.2) is 27.4 Å². The maximum absolute atomic E-state index is 5.13. The molecule has 0 spiro atoms. The molecule has 21 heavy (non-hydrogen) atoms. The van der Waals surface area contributed by atoms with Crippen molar-refractivity contribution in [2.24, 2.45) is 0 Å². The van der Waals surface area contributed by atoms with E-state index >= 15 is 0 Å². The molecule has 0 saturated heterocycles. The van der Waals surface area contributed by atoms with E-state index < -0.39 is 0 Å². The van der Waals surface area contributed by atoms with E-state index in [1.165, 1.54) is 11.9 Å². The zero-order chi connectivity index (χ0) is 14.5. The summed E-state index contributed by atoms with van der Waals surface area (Å²) in [6.07, 6.45) is 1.49. The highest BCUT2D eigenvalue weighted by Crippen LogP contribution is 2.22. The van der Waals surface area contributed by atoms with Crippen LogP contribution in [0.4, 0.5) is 5.82 Å². The highest BCUT2D eigenvalue weighted by atomic mass is 32.2. The van der Waals surface area contributed by atoms with Crippen molar-refractivity contribution in [1.82, 2.24) is 15.1 Å². The summed E-state index contributed by atoms with van der Waals surface area (Å²) < 4.78 is 5.13. The van der Waals surface area contributed by atoms with Gasteiger partial charge in [-0.2, -0.15) is 16.7 Å². The minimum Gasteiger partial charge on any atom is -0.368 e. The number of fused-ring (bicyclic) bond motifs is 1. The van der Waals surface area contributed by atoms with Crippen molar-refractivity contribution in [1.29, 1.82) is 0 Å². The number of hydrogen-bond acceptors (Lipinski definition) is 6. The number of rotatable bonds is 6. The molecule has 3 rings (SSSR count). The lowest BCUT2D eigenvalue weighted by Crippen LogP contribution is -2.06. The van der Waals surface area contributed by atoms with E-state index in [0.717, 1.165) is 34.9 Å². The Morgan fingerprint density at radius 3 is 2.90 bits per heavy atom. The van der Waals surface area contributed by atoms with Crippen molar-refractivity contribution >= 4 is 28.7 Å². The van der Waals surface area contributed by atoms with Gasteiger partial charge in [0.05, 0.1) is 5.69 Å². The molecule has 1 aromatic carbocycles. The SMILES string of the molecule is Cc1noc2ncnc(NCCSCc3ccccc3)c12. The molecule has 0 aliphatic carbocycles. The van der Waals surface area contributed by atoms with E-state index in [9.17, 15) is 0 Å². The maximum atomic E-state index is 5.13. The van der Waals surface area contributed by atoms with E-state index in [1.54, 1.807) is 0 Å². The Labute approximate surface area is 127 Å². The van der Waals surface area contributed by atoms with Crippen molar-refractivity contribution in [2.75, 3.05) is 17.6 Å². The standard InChI is InChI=1S/C15H16N4OS/c1-11-13-14(17-10-18-15(13)20-19-11)16-7-8-21-9-12-5-3-2-4-6-12/h2-6,10H,7-9H2,1H3,(H,16,17,18). The van der Waals surface area contributed by atoms with Gasteiger partial charge in [-0.15, -0.1) is 0 Å². The molecule has 0 fully saturated rings. The molecule has 0 saturated carbocycles. The minimum absolute atomic E-state index is 0.530. The highest BCUT2D eigenvalue weighted by Gasteiger charge is 2.11.